The van der Waals surface area contributed by atoms with E-state index in [1.165, 1.54) is 6.07 Å². The quantitative estimate of drug-likeness (QED) is 0.622. The van der Waals surface area contributed by atoms with Crippen molar-refractivity contribution in [1.29, 1.82) is 0 Å². The van der Waals surface area contributed by atoms with Gasteiger partial charge in [-0.15, -0.1) is 0 Å². The Hall–Kier alpha value is -0.970. The summed E-state index contributed by atoms with van der Waals surface area (Å²) in [4.78, 5) is 0. The van der Waals surface area contributed by atoms with E-state index in [0.717, 1.165) is 31.4 Å². The standard InChI is InChI=1S/C14H21FN2O/c1-2-14-12(6-7-18-14)13(17-16)9-10-4-3-5-11(15)8-10/h3-5,8,12-14,17H,2,6-7,9,16H2,1H3. The van der Waals surface area contributed by atoms with Crippen LogP contribution < -0.4 is 11.3 Å². The number of hydrogen-bond donors (Lipinski definition) is 2. The molecule has 1 fully saturated rings. The second-order valence-electron chi connectivity index (χ2n) is 4.88. The highest BCUT2D eigenvalue weighted by Gasteiger charge is 2.33. The lowest BCUT2D eigenvalue weighted by Crippen LogP contribution is -2.45. The van der Waals surface area contributed by atoms with E-state index in [-0.39, 0.29) is 18.0 Å². The summed E-state index contributed by atoms with van der Waals surface area (Å²) in [5.41, 5.74) is 3.85. The zero-order valence-electron chi connectivity index (χ0n) is 10.7. The third kappa shape index (κ3) is 3.07. The molecule has 0 radical (unpaired) electrons. The maximum atomic E-state index is 13.2. The highest BCUT2D eigenvalue weighted by atomic mass is 19.1. The Morgan fingerprint density at radius 2 is 2.39 bits per heavy atom. The van der Waals surface area contributed by atoms with Gasteiger partial charge in [0, 0.05) is 18.6 Å². The minimum Gasteiger partial charge on any atom is -0.378 e. The van der Waals surface area contributed by atoms with E-state index >= 15 is 0 Å². The second-order valence-corrected chi connectivity index (χ2v) is 4.88. The summed E-state index contributed by atoms with van der Waals surface area (Å²) >= 11 is 0. The molecule has 1 heterocycles. The van der Waals surface area contributed by atoms with E-state index in [4.69, 9.17) is 10.6 Å². The van der Waals surface area contributed by atoms with Gasteiger partial charge in [0.15, 0.2) is 0 Å². The lowest BCUT2D eigenvalue weighted by Gasteiger charge is -2.26. The molecule has 100 valence electrons. The molecule has 1 aromatic rings. The van der Waals surface area contributed by atoms with Gasteiger partial charge in [0.1, 0.15) is 5.82 Å². The van der Waals surface area contributed by atoms with Crippen molar-refractivity contribution in [1.82, 2.24) is 5.43 Å². The molecule has 0 spiro atoms. The Morgan fingerprint density at radius 3 is 3.06 bits per heavy atom. The fourth-order valence-electron chi connectivity index (χ4n) is 2.80. The molecule has 3 N–H and O–H groups in total. The summed E-state index contributed by atoms with van der Waals surface area (Å²) in [5, 5.41) is 0. The summed E-state index contributed by atoms with van der Waals surface area (Å²) in [6.45, 7) is 2.92. The van der Waals surface area contributed by atoms with Crippen LogP contribution in [0.2, 0.25) is 0 Å². The van der Waals surface area contributed by atoms with Crippen LogP contribution in [-0.4, -0.2) is 18.8 Å². The zero-order chi connectivity index (χ0) is 13.0. The van der Waals surface area contributed by atoms with Crippen molar-refractivity contribution in [3.8, 4) is 0 Å². The van der Waals surface area contributed by atoms with Gasteiger partial charge in [-0.3, -0.25) is 11.3 Å². The van der Waals surface area contributed by atoms with Crippen LogP contribution in [-0.2, 0) is 11.2 Å². The lowest BCUT2D eigenvalue weighted by atomic mass is 9.87. The van der Waals surface area contributed by atoms with Crippen molar-refractivity contribution in [2.45, 2.75) is 38.3 Å². The monoisotopic (exact) mass is 252 g/mol. The number of nitrogens with one attached hydrogen (secondary N) is 1. The van der Waals surface area contributed by atoms with Gasteiger partial charge in [0.2, 0.25) is 0 Å². The summed E-state index contributed by atoms with van der Waals surface area (Å²) in [6, 6.07) is 6.84. The first-order valence-electron chi connectivity index (χ1n) is 6.56. The average molecular weight is 252 g/mol. The first-order chi connectivity index (χ1) is 8.74. The molecule has 3 nitrogen and oxygen atoms in total. The Morgan fingerprint density at radius 1 is 1.56 bits per heavy atom. The summed E-state index contributed by atoms with van der Waals surface area (Å²) < 4.78 is 18.9. The first kappa shape index (κ1) is 13.5. The molecule has 1 aliphatic rings. The highest BCUT2D eigenvalue weighted by molar-refractivity contribution is 5.17. The van der Waals surface area contributed by atoms with Crippen molar-refractivity contribution in [2.24, 2.45) is 11.8 Å². The van der Waals surface area contributed by atoms with Crippen LogP contribution in [0.5, 0.6) is 0 Å². The molecule has 0 aliphatic carbocycles. The van der Waals surface area contributed by atoms with E-state index in [9.17, 15) is 4.39 Å². The van der Waals surface area contributed by atoms with Crippen molar-refractivity contribution in [2.75, 3.05) is 6.61 Å². The van der Waals surface area contributed by atoms with E-state index in [1.807, 2.05) is 6.07 Å². The number of hydrogen-bond acceptors (Lipinski definition) is 3. The normalized spacial score (nSPS) is 25.3. The predicted octanol–water partition coefficient (Wildman–Crippen LogP) is 2.02. The van der Waals surface area contributed by atoms with Crippen LogP contribution in [0, 0.1) is 11.7 Å². The molecule has 3 unspecified atom stereocenters. The molecule has 0 aromatic heterocycles. The van der Waals surface area contributed by atoms with Gasteiger partial charge in [0.05, 0.1) is 6.10 Å². The fourth-order valence-corrected chi connectivity index (χ4v) is 2.80. The van der Waals surface area contributed by atoms with Crippen molar-refractivity contribution in [3.05, 3.63) is 35.6 Å². The molecule has 4 heteroatoms. The minimum atomic E-state index is -0.196. The lowest BCUT2D eigenvalue weighted by molar-refractivity contribution is 0.0774. The van der Waals surface area contributed by atoms with Crippen LogP contribution >= 0.6 is 0 Å². The smallest absolute Gasteiger partial charge is 0.123 e. The van der Waals surface area contributed by atoms with Crippen LogP contribution in [0.3, 0.4) is 0 Å². The second kappa shape index (κ2) is 6.27. The first-order valence-corrected chi connectivity index (χ1v) is 6.56. The Labute approximate surface area is 107 Å². The molecule has 18 heavy (non-hydrogen) atoms. The molecule has 1 aromatic carbocycles. The Balaban J connectivity index is 2.05. The zero-order valence-corrected chi connectivity index (χ0v) is 10.7. The van der Waals surface area contributed by atoms with Crippen LogP contribution in [0.25, 0.3) is 0 Å². The molecular weight excluding hydrogens is 231 g/mol. The van der Waals surface area contributed by atoms with Crippen LogP contribution in [0.1, 0.15) is 25.3 Å². The minimum absolute atomic E-state index is 0.138. The van der Waals surface area contributed by atoms with Crippen molar-refractivity contribution < 1.29 is 9.13 Å². The molecule has 1 aliphatic heterocycles. The third-order valence-electron chi connectivity index (χ3n) is 3.74. The average Bonchev–Trinajstić information content (AvgIpc) is 2.84. The van der Waals surface area contributed by atoms with Gasteiger partial charge in [0.25, 0.3) is 0 Å². The maximum absolute atomic E-state index is 13.2. The molecule has 1 saturated heterocycles. The van der Waals surface area contributed by atoms with E-state index in [2.05, 4.69) is 12.3 Å². The Bertz CT molecular complexity index is 386. The summed E-state index contributed by atoms with van der Waals surface area (Å²) in [7, 11) is 0. The molecule has 0 amide bonds. The fraction of sp³-hybridized carbons (Fsp3) is 0.571. The molecule has 0 saturated carbocycles. The van der Waals surface area contributed by atoms with Crippen LogP contribution in [0.15, 0.2) is 24.3 Å². The third-order valence-corrected chi connectivity index (χ3v) is 3.74. The SMILES string of the molecule is CCC1OCCC1C(Cc1cccc(F)c1)NN. The number of rotatable bonds is 5. The maximum Gasteiger partial charge on any atom is 0.123 e. The van der Waals surface area contributed by atoms with E-state index in [0.29, 0.717) is 5.92 Å². The van der Waals surface area contributed by atoms with Crippen molar-refractivity contribution >= 4 is 0 Å². The Kier molecular flexibility index (Phi) is 4.69. The highest BCUT2D eigenvalue weighted by Crippen LogP contribution is 2.28. The van der Waals surface area contributed by atoms with Gasteiger partial charge in [-0.25, -0.2) is 4.39 Å². The van der Waals surface area contributed by atoms with Crippen molar-refractivity contribution in [3.63, 3.8) is 0 Å². The summed E-state index contributed by atoms with van der Waals surface area (Å²) in [6.07, 6.45) is 3.01. The van der Waals surface area contributed by atoms with Gasteiger partial charge in [-0.1, -0.05) is 19.1 Å². The molecule has 0 bridgehead atoms. The van der Waals surface area contributed by atoms with E-state index < -0.39 is 0 Å². The number of nitrogens with two attached hydrogens (primary N) is 1. The number of ether oxygens (including phenoxy) is 1. The van der Waals surface area contributed by atoms with Gasteiger partial charge in [-0.2, -0.15) is 0 Å². The van der Waals surface area contributed by atoms with Crippen LogP contribution in [0.4, 0.5) is 4.39 Å². The largest absolute Gasteiger partial charge is 0.378 e. The van der Waals surface area contributed by atoms with Gasteiger partial charge in [-0.05, 0) is 37.0 Å². The number of benzene rings is 1. The number of halogens is 1. The number of hydrazine groups is 1. The molecule has 3 atom stereocenters. The molecule has 2 rings (SSSR count). The molecular formula is C14H21FN2O. The van der Waals surface area contributed by atoms with E-state index in [1.54, 1.807) is 12.1 Å². The predicted molar refractivity (Wildman–Crippen MR) is 69.4 cm³/mol. The van der Waals surface area contributed by atoms with Gasteiger partial charge >= 0.3 is 0 Å². The van der Waals surface area contributed by atoms with Gasteiger partial charge < -0.3 is 4.74 Å². The topological polar surface area (TPSA) is 47.3 Å². The summed E-state index contributed by atoms with van der Waals surface area (Å²) in [5.74, 6) is 5.87.